The van der Waals surface area contributed by atoms with Crippen LogP contribution in [-0.2, 0) is 19.3 Å². The van der Waals surface area contributed by atoms with Crippen LogP contribution in [0.1, 0.15) is 17.0 Å². The van der Waals surface area contributed by atoms with Gasteiger partial charge in [-0.25, -0.2) is 28.3 Å². The van der Waals surface area contributed by atoms with Gasteiger partial charge in [-0.05, 0) is 109 Å². The molecule has 0 fully saturated rings. The summed E-state index contributed by atoms with van der Waals surface area (Å²) >= 11 is 0. The summed E-state index contributed by atoms with van der Waals surface area (Å²) in [5.74, 6) is -1.03. The normalized spacial score (nSPS) is 11.3. The van der Waals surface area contributed by atoms with Crippen LogP contribution in [-0.4, -0.2) is 32.0 Å². The van der Waals surface area contributed by atoms with Crippen LogP contribution in [0.3, 0.4) is 0 Å². The number of amides is 4. The molecule has 0 aliphatic carbocycles. The van der Waals surface area contributed by atoms with Crippen LogP contribution >= 0.6 is 0 Å². The summed E-state index contributed by atoms with van der Waals surface area (Å²) in [6.45, 7) is 0.370. The van der Waals surface area contributed by atoms with E-state index in [1.807, 2.05) is 0 Å². The number of carbonyl (C=O) groups is 2. The summed E-state index contributed by atoms with van der Waals surface area (Å²) < 4.78 is 80.7. The van der Waals surface area contributed by atoms with Gasteiger partial charge in [0, 0.05) is 42.7 Å². The molecular formula is C45H33F5N10O4. The first-order chi connectivity index (χ1) is 30.8. The van der Waals surface area contributed by atoms with Gasteiger partial charge in [0.1, 0.15) is 23.0 Å². The molecule has 4 amide bonds. The highest BCUT2D eigenvalue weighted by atomic mass is 19.4. The van der Waals surface area contributed by atoms with Crippen molar-refractivity contribution in [2.75, 3.05) is 20.7 Å². The second kappa shape index (κ2) is 18.0. The fourth-order valence-electron chi connectivity index (χ4n) is 6.28. The Morgan fingerprint density at radius 1 is 0.531 bits per heavy atom. The number of benzene rings is 6. The Bertz CT molecular complexity index is 3000. The van der Waals surface area contributed by atoms with Gasteiger partial charge >= 0.3 is 18.2 Å². The molecule has 14 nitrogen and oxygen atoms in total. The number of urea groups is 2. The van der Waals surface area contributed by atoms with Gasteiger partial charge < -0.3 is 31.6 Å². The Labute approximate surface area is 359 Å². The fraction of sp³-hybridized carbons (Fsp3) is 0.0667. The van der Waals surface area contributed by atoms with Gasteiger partial charge in [0.2, 0.25) is 0 Å². The van der Waals surface area contributed by atoms with Crippen LogP contribution in [0.5, 0.6) is 23.0 Å². The molecule has 8 rings (SSSR count). The number of hydrogen-bond donors (Lipinski definition) is 4. The largest absolute Gasteiger partial charge is 0.457 e. The molecule has 0 atom stereocenters. The molecule has 64 heavy (non-hydrogen) atoms. The first-order valence-electron chi connectivity index (χ1n) is 19.2. The van der Waals surface area contributed by atoms with E-state index in [1.54, 1.807) is 48.8 Å². The lowest BCUT2D eigenvalue weighted by Gasteiger charge is -2.35. The Balaban J connectivity index is 1.16. The predicted molar refractivity (Wildman–Crippen MR) is 229 cm³/mol. The lowest BCUT2D eigenvalue weighted by Crippen LogP contribution is -2.53. The van der Waals surface area contributed by atoms with Crippen LogP contribution in [0.15, 0.2) is 140 Å². The van der Waals surface area contributed by atoms with Crippen molar-refractivity contribution >= 4 is 56.9 Å². The highest BCUT2D eigenvalue weighted by molar-refractivity contribution is 6.13. The second-order valence-electron chi connectivity index (χ2n) is 13.8. The molecule has 322 valence electrons. The minimum Gasteiger partial charge on any atom is -0.457 e. The molecule has 6 N–H and O–H groups in total. The average molecular weight is 873 g/mol. The molecule has 2 heterocycles. The van der Waals surface area contributed by atoms with Gasteiger partial charge in [0.25, 0.3) is 0 Å². The minimum atomic E-state index is -4.65. The maximum absolute atomic E-state index is 14.4. The Morgan fingerprint density at radius 3 is 1.41 bits per heavy atom. The first kappa shape index (κ1) is 42.4. The summed E-state index contributed by atoms with van der Waals surface area (Å²) in [6, 6.07) is 26.2. The summed E-state index contributed by atoms with van der Waals surface area (Å²) in [7, 11) is 0. The molecule has 6 aromatic carbocycles. The molecule has 2 aromatic heterocycles. The van der Waals surface area contributed by atoms with Gasteiger partial charge in [-0.1, -0.05) is 0 Å². The monoisotopic (exact) mass is 872 g/mol. The van der Waals surface area contributed by atoms with Crippen LogP contribution in [0.25, 0.3) is 22.1 Å². The highest BCUT2D eigenvalue weighted by Crippen LogP contribution is 2.34. The third-order valence-corrected chi connectivity index (χ3v) is 9.40. The lowest BCUT2D eigenvalue weighted by molar-refractivity contribution is -0.137. The van der Waals surface area contributed by atoms with Crippen molar-refractivity contribution < 1.29 is 41.0 Å². The summed E-state index contributed by atoms with van der Waals surface area (Å²) in [5.41, 5.74) is 13.8. The molecule has 0 aliphatic rings. The zero-order valence-electron chi connectivity index (χ0n) is 33.1. The number of rotatable bonds is 10. The molecule has 0 unspecified atom stereocenters. The number of nitrogens with zero attached hydrogens (tertiary/aromatic N) is 6. The summed E-state index contributed by atoms with van der Waals surface area (Å²) in [5, 5.41) is 6.81. The molecular weight excluding hydrogens is 840 g/mol. The maximum Gasteiger partial charge on any atom is 0.416 e. The fourth-order valence-corrected chi connectivity index (χ4v) is 6.28. The zero-order chi connectivity index (χ0) is 45.0. The average Bonchev–Trinajstić information content (AvgIpc) is 3.29. The number of anilines is 4. The topological polar surface area (TPSA) is 187 Å². The van der Waals surface area contributed by atoms with Crippen molar-refractivity contribution in [2.45, 2.75) is 19.3 Å². The maximum atomic E-state index is 14.4. The molecule has 0 radical (unpaired) electrons. The SMILES string of the molecule is NCc1cnc2ccc(Oc3ccc(N(C(=O)Nc4ccc(C(F)(F)F)cc4)N(C(=O)Nc4ccc(F)c(F)c4)c4ccc(Oc5ccc6ncc(CN)nc6c5)cc4)cc3)cc2n1. The molecule has 0 bridgehead atoms. The second-order valence-corrected chi connectivity index (χ2v) is 13.8. The van der Waals surface area contributed by atoms with Crippen LogP contribution in [0.2, 0.25) is 0 Å². The third-order valence-electron chi connectivity index (χ3n) is 9.40. The van der Waals surface area contributed by atoms with Gasteiger partial charge in [-0.3, -0.25) is 9.97 Å². The Kier molecular flexibility index (Phi) is 11.9. The number of alkyl halides is 3. The van der Waals surface area contributed by atoms with E-state index in [0.717, 1.165) is 52.5 Å². The molecule has 19 heteroatoms. The van der Waals surface area contributed by atoms with E-state index in [9.17, 15) is 31.5 Å². The van der Waals surface area contributed by atoms with Crippen LogP contribution in [0.4, 0.5) is 54.3 Å². The smallest absolute Gasteiger partial charge is 0.416 e. The van der Waals surface area contributed by atoms with Gasteiger partial charge in [-0.2, -0.15) is 23.2 Å². The van der Waals surface area contributed by atoms with E-state index in [1.165, 1.54) is 48.5 Å². The van der Waals surface area contributed by atoms with Crippen molar-refractivity contribution in [2.24, 2.45) is 11.5 Å². The van der Waals surface area contributed by atoms with Gasteiger partial charge in [0.05, 0.1) is 62.8 Å². The Morgan fingerprint density at radius 2 is 0.969 bits per heavy atom. The summed E-state index contributed by atoms with van der Waals surface area (Å²) in [4.78, 5) is 46.5. The molecule has 0 aliphatic heterocycles. The van der Waals surface area contributed by atoms with E-state index >= 15 is 0 Å². The lowest BCUT2D eigenvalue weighted by atomic mass is 10.2. The van der Waals surface area contributed by atoms with Crippen molar-refractivity contribution in [3.8, 4) is 23.0 Å². The van der Waals surface area contributed by atoms with Crippen molar-refractivity contribution in [3.05, 3.63) is 168 Å². The third kappa shape index (κ3) is 9.59. The predicted octanol–water partition coefficient (Wildman–Crippen LogP) is 10.1. The number of hydrazine groups is 1. The number of nitrogens with two attached hydrogens (primary N) is 2. The number of carbonyl (C=O) groups excluding carboxylic acids is 2. The number of halogens is 5. The van der Waals surface area contributed by atoms with Crippen molar-refractivity contribution in [3.63, 3.8) is 0 Å². The highest BCUT2D eigenvalue weighted by Gasteiger charge is 2.32. The van der Waals surface area contributed by atoms with Crippen molar-refractivity contribution in [1.29, 1.82) is 0 Å². The summed E-state index contributed by atoms with van der Waals surface area (Å²) in [6.07, 6.45) is -1.50. The number of aromatic nitrogens is 4. The van der Waals surface area contributed by atoms with E-state index in [2.05, 4.69) is 30.6 Å². The van der Waals surface area contributed by atoms with Crippen LogP contribution < -0.4 is 41.6 Å². The number of hydrogen-bond acceptors (Lipinski definition) is 10. The number of fused-ring (bicyclic) bond motifs is 2. The first-order valence-corrected chi connectivity index (χ1v) is 19.2. The zero-order valence-corrected chi connectivity index (χ0v) is 33.1. The molecule has 0 saturated carbocycles. The van der Waals surface area contributed by atoms with E-state index in [0.29, 0.717) is 56.5 Å². The van der Waals surface area contributed by atoms with E-state index in [-0.39, 0.29) is 35.8 Å². The van der Waals surface area contributed by atoms with Crippen LogP contribution in [0, 0.1) is 11.6 Å². The quantitative estimate of drug-likeness (QED) is 0.0761. The van der Waals surface area contributed by atoms with Gasteiger partial charge in [0.15, 0.2) is 11.6 Å². The Hall–Kier alpha value is -8.29. The molecule has 8 aromatic rings. The standard InChI is InChI=1S/C45H33F5N10O4/c46-37-16-5-28(19-38(37)47)58-44(62)60(32-8-12-34(13-9-32)64-36-15-18-40-42(21-36)56-30(23-52)25-54-40)59(43(61)57-27-3-1-26(2-4-27)45(48,49)50)31-6-10-33(11-7-31)63-35-14-17-39-41(20-35)55-29(22-51)24-53-39/h1-21,24-25H,22-23,51-52H2,(H,57,61)(H,58,62). The van der Waals surface area contributed by atoms with Gasteiger partial charge in [-0.15, -0.1) is 0 Å². The molecule has 0 spiro atoms. The number of ether oxygens (including phenoxy) is 2. The number of nitrogens with one attached hydrogen (secondary N) is 2. The minimum absolute atomic E-state index is 0.0430. The van der Waals surface area contributed by atoms with E-state index < -0.39 is 35.4 Å². The molecule has 0 saturated heterocycles. The van der Waals surface area contributed by atoms with E-state index in [4.69, 9.17) is 20.9 Å². The van der Waals surface area contributed by atoms with Crippen molar-refractivity contribution in [1.82, 2.24) is 19.9 Å².